The maximum absolute atomic E-state index is 14.7. The van der Waals surface area contributed by atoms with Gasteiger partial charge in [0.05, 0.1) is 22.8 Å². The van der Waals surface area contributed by atoms with E-state index in [4.69, 9.17) is 11.6 Å². The summed E-state index contributed by atoms with van der Waals surface area (Å²) in [5, 5.41) is 5.23. The summed E-state index contributed by atoms with van der Waals surface area (Å²) in [4.78, 5) is 15.2. The van der Waals surface area contributed by atoms with Crippen molar-refractivity contribution >= 4 is 38.1 Å². The fourth-order valence-electron chi connectivity index (χ4n) is 3.86. The summed E-state index contributed by atoms with van der Waals surface area (Å²) in [5.74, 6) is -0.200. The number of H-pyrrole nitrogens is 1. The Bertz CT molecular complexity index is 1090. The number of aromatic nitrogens is 2. The first-order valence-corrected chi connectivity index (χ1v) is 10.9. The van der Waals surface area contributed by atoms with E-state index in [2.05, 4.69) is 26.0 Å². The minimum absolute atomic E-state index is 0.0827. The van der Waals surface area contributed by atoms with Crippen molar-refractivity contribution in [1.82, 2.24) is 15.1 Å². The van der Waals surface area contributed by atoms with Crippen LogP contribution in [0.1, 0.15) is 34.5 Å². The lowest BCUT2D eigenvalue weighted by Crippen LogP contribution is -2.37. The number of fused-ring (bicyclic) bond motifs is 1. The molecule has 1 N–H and O–H groups in total. The van der Waals surface area contributed by atoms with E-state index in [0.29, 0.717) is 28.7 Å². The number of nitrogens with one attached hydrogen (secondary N) is 1. The molecule has 0 fully saturated rings. The average Bonchev–Trinajstić information content (AvgIpc) is 3.32. The molecule has 150 valence electrons. The molecule has 4 nitrogen and oxygen atoms in total. The molecule has 3 heterocycles. The van der Waals surface area contributed by atoms with Crippen LogP contribution < -0.4 is 0 Å². The number of amides is 1. The van der Waals surface area contributed by atoms with Crippen LogP contribution in [-0.2, 0) is 16.7 Å². The van der Waals surface area contributed by atoms with Gasteiger partial charge in [0, 0.05) is 22.9 Å². The third-order valence-corrected chi connectivity index (χ3v) is 6.72. The summed E-state index contributed by atoms with van der Waals surface area (Å²) in [5.41, 5.74) is 4.10. The van der Waals surface area contributed by atoms with Crippen LogP contribution in [0.25, 0.3) is 11.1 Å². The summed E-state index contributed by atoms with van der Waals surface area (Å²) >= 11 is 7.80. The van der Waals surface area contributed by atoms with Crippen LogP contribution in [0.4, 0.5) is 4.39 Å². The van der Waals surface area contributed by atoms with Crippen molar-refractivity contribution < 1.29 is 9.18 Å². The first kappa shape index (κ1) is 20.3. The molecule has 1 aromatic carbocycles. The van der Waals surface area contributed by atoms with E-state index in [1.54, 1.807) is 11.1 Å². The number of carbonyl (C=O) groups is 1. The topological polar surface area (TPSA) is 49.0 Å². The second-order valence-corrected chi connectivity index (χ2v) is 10.1. The van der Waals surface area contributed by atoms with E-state index >= 15 is 0 Å². The molecule has 3 aromatic rings. The maximum Gasteiger partial charge on any atom is 0.246 e. The molecule has 1 aliphatic heterocycles. The van der Waals surface area contributed by atoms with Gasteiger partial charge in [-0.3, -0.25) is 9.89 Å². The standard InChI is InChI=1S/C21H20ClFN3OPS/c1-3-19(27)26-10-16(14-8-18(22)29-17(14)11-26)13-7-5-4-6-12(13)15-9-24-25-20(15)21(2,23)28/h3-9,16H,1,10-11,28H2,2H3,(H,24,25). The minimum Gasteiger partial charge on any atom is -0.333 e. The molecule has 3 atom stereocenters. The number of alkyl halides is 1. The minimum atomic E-state index is -1.65. The quantitative estimate of drug-likeness (QED) is 0.426. The van der Waals surface area contributed by atoms with Gasteiger partial charge in [-0.1, -0.05) is 51.7 Å². The molecule has 1 aliphatic rings. The summed E-state index contributed by atoms with van der Waals surface area (Å²) in [6, 6.07) is 9.83. The number of hydrogen-bond donors (Lipinski definition) is 1. The molecule has 0 spiro atoms. The van der Waals surface area contributed by atoms with Crippen LogP contribution in [0.2, 0.25) is 4.34 Å². The first-order chi connectivity index (χ1) is 13.8. The fourth-order valence-corrected chi connectivity index (χ4v) is 5.43. The summed E-state index contributed by atoms with van der Waals surface area (Å²) < 4.78 is 15.4. The largest absolute Gasteiger partial charge is 0.333 e. The molecule has 0 saturated carbocycles. The van der Waals surface area contributed by atoms with E-state index in [9.17, 15) is 9.18 Å². The van der Waals surface area contributed by atoms with Crippen LogP contribution in [0.15, 0.2) is 49.2 Å². The molecule has 3 unspecified atom stereocenters. The van der Waals surface area contributed by atoms with E-state index < -0.39 is 5.41 Å². The van der Waals surface area contributed by atoms with Crippen LogP contribution in [0, 0.1) is 0 Å². The van der Waals surface area contributed by atoms with Crippen LogP contribution in [-0.4, -0.2) is 27.5 Å². The van der Waals surface area contributed by atoms with Crippen molar-refractivity contribution in [2.24, 2.45) is 0 Å². The van der Waals surface area contributed by atoms with Gasteiger partial charge in [0.15, 0.2) is 5.41 Å². The lowest BCUT2D eigenvalue weighted by Gasteiger charge is -2.33. The number of rotatable bonds is 4. The molecule has 29 heavy (non-hydrogen) atoms. The monoisotopic (exact) mass is 447 g/mol. The van der Waals surface area contributed by atoms with Gasteiger partial charge in [0.25, 0.3) is 0 Å². The average molecular weight is 448 g/mol. The Morgan fingerprint density at radius 3 is 2.93 bits per heavy atom. The molecular weight excluding hydrogens is 428 g/mol. The normalized spacial score (nSPS) is 18.2. The number of aromatic amines is 1. The van der Waals surface area contributed by atoms with Gasteiger partial charge in [-0.2, -0.15) is 5.10 Å². The Labute approximate surface area is 180 Å². The Balaban J connectivity index is 1.87. The van der Waals surface area contributed by atoms with Crippen LogP contribution >= 0.6 is 32.2 Å². The Morgan fingerprint density at radius 2 is 2.21 bits per heavy atom. The summed E-state index contributed by atoms with van der Waals surface area (Å²) in [7, 11) is 2.21. The molecule has 4 rings (SSSR count). The second kappa shape index (κ2) is 7.67. The van der Waals surface area contributed by atoms with Crippen LogP contribution in [0.5, 0.6) is 0 Å². The maximum atomic E-state index is 14.7. The van der Waals surface area contributed by atoms with E-state index in [-0.39, 0.29) is 11.8 Å². The number of hydrogen-bond acceptors (Lipinski definition) is 3. The van der Waals surface area contributed by atoms with E-state index in [0.717, 1.165) is 21.6 Å². The predicted octanol–water partition coefficient (Wildman–Crippen LogP) is 5.47. The van der Waals surface area contributed by atoms with Gasteiger partial charge in [0.2, 0.25) is 5.91 Å². The smallest absolute Gasteiger partial charge is 0.246 e. The highest BCUT2D eigenvalue weighted by molar-refractivity contribution is 7.18. The molecule has 1 amide bonds. The second-order valence-electron chi connectivity index (χ2n) is 7.23. The van der Waals surface area contributed by atoms with Gasteiger partial charge in [-0.25, -0.2) is 4.39 Å². The number of thiophene rings is 1. The summed E-state index contributed by atoms with van der Waals surface area (Å²) in [6.07, 6.45) is 2.98. The Morgan fingerprint density at radius 1 is 1.45 bits per heavy atom. The van der Waals surface area contributed by atoms with Gasteiger partial charge >= 0.3 is 0 Å². The van der Waals surface area contributed by atoms with Gasteiger partial charge in [-0.05, 0) is 35.8 Å². The third-order valence-electron chi connectivity index (χ3n) is 5.17. The Hall–Kier alpha value is -2.01. The zero-order valence-electron chi connectivity index (χ0n) is 15.8. The molecule has 0 bridgehead atoms. The van der Waals surface area contributed by atoms with Crippen molar-refractivity contribution in [1.29, 1.82) is 0 Å². The third kappa shape index (κ3) is 3.77. The highest BCUT2D eigenvalue weighted by Crippen LogP contribution is 2.45. The SMILES string of the molecule is C=CC(=O)N1Cc2sc(Cl)cc2C(c2ccccc2-c2cn[nH]c2C(C)(F)P)C1. The fraction of sp³-hybridized carbons (Fsp3) is 0.238. The van der Waals surface area contributed by atoms with Crippen molar-refractivity contribution in [3.8, 4) is 11.1 Å². The number of benzene rings is 1. The number of halogens is 2. The lowest BCUT2D eigenvalue weighted by atomic mass is 9.83. The molecule has 2 aromatic heterocycles. The predicted molar refractivity (Wildman–Crippen MR) is 119 cm³/mol. The van der Waals surface area contributed by atoms with Gasteiger partial charge in [0.1, 0.15) is 0 Å². The van der Waals surface area contributed by atoms with Crippen LogP contribution in [0.3, 0.4) is 0 Å². The van der Waals surface area contributed by atoms with Gasteiger partial charge in [-0.15, -0.1) is 11.3 Å². The number of carbonyl (C=O) groups excluding carboxylic acids is 1. The van der Waals surface area contributed by atoms with Crippen molar-refractivity contribution in [3.05, 3.63) is 75.2 Å². The zero-order valence-corrected chi connectivity index (χ0v) is 18.5. The molecular formula is C21H20ClFN3OPS. The van der Waals surface area contributed by atoms with Crippen molar-refractivity contribution in [3.63, 3.8) is 0 Å². The van der Waals surface area contributed by atoms with Crippen molar-refractivity contribution in [2.45, 2.75) is 24.8 Å². The Kier molecular flexibility index (Phi) is 5.36. The summed E-state index contributed by atoms with van der Waals surface area (Å²) in [6.45, 7) is 6.11. The van der Waals surface area contributed by atoms with E-state index in [1.807, 2.05) is 30.3 Å². The van der Waals surface area contributed by atoms with E-state index in [1.165, 1.54) is 24.3 Å². The molecule has 0 aliphatic carbocycles. The highest BCUT2D eigenvalue weighted by Gasteiger charge is 2.33. The van der Waals surface area contributed by atoms with Gasteiger partial charge < -0.3 is 4.90 Å². The molecule has 0 saturated heterocycles. The first-order valence-electron chi connectivity index (χ1n) is 9.10. The molecule has 0 radical (unpaired) electrons. The zero-order chi connectivity index (χ0) is 20.8. The number of nitrogens with zero attached hydrogens (tertiary/aromatic N) is 2. The van der Waals surface area contributed by atoms with Crippen molar-refractivity contribution in [2.75, 3.05) is 6.54 Å². The lowest BCUT2D eigenvalue weighted by molar-refractivity contribution is -0.127. The highest BCUT2D eigenvalue weighted by atomic mass is 35.5. The molecule has 8 heteroatoms.